The van der Waals surface area contributed by atoms with E-state index in [0.717, 1.165) is 0 Å². The summed E-state index contributed by atoms with van der Waals surface area (Å²) in [6, 6.07) is 0. The third kappa shape index (κ3) is 102. The van der Waals surface area contributed by atoms with Crippen molar-refractivity contribution in [2.24, 2.45) is 0 Å². The van der Waals surface area contributed by atoms with Crippen LogP contribution in [0.4, 0.5) is 0 Å². The fourth-order valence-electron chi connectivity index (χ4n) is 0.646. The van der Waals surface area contributed by atoms with Gasteiger partial charge in [0.2, 0.25) is 0 Å². The maximum absolute atomic E-state index is 10.4. The second-order valence-corrected chi connectivity index (χ2v) is 37.4. The molecule has 0 aliphatic carbocycles. The molecular formula is H12Mo9O40PV3-9. The van der Waals surface area contributed by atoms with Crippen molar-refractivity contribution in [3.8, 4) is 0 Å². The summed E-state index contributed by atoms with van der Waals surface area (Å²) in [6.07, 6.45) is 0. The number of hydrogen-bond acceptors (Lipinski definition) is 34. The zero-order valence-electron chi connectivity index (χ0n) is 22.3. The molecule has 0 aromatic carbocycles. The van der Waals surface area contributed by atoms with Crippen molar-refractivity contribution in [2.75, 3.05) is 0 Å². The molecule has 1 aliphatic rings. The predicted octanol–water partition coefficient (Wildman–Crippen LogP) is -17.5. The summed E-state index contributed by atoms with van der Waals surface area (Å²) in [5.41, 5.74) is 0. The SMILES string of the molecule is O.O.O.O.O.O.O=P([O-])([O-])[O-].[O]=[Mo](=[O])([O-])[O][Mo](=[O])(=[O])[O-].[O]=[Mo](=[O])([O-])[O][Mo](=[O])(=[O])[O-].[O]=[Mo](=[O])([O-])[O][Mo](=[O])(=[O])[O-].[O]=[Mo]1(=[O])[O][Mo](=[O])(=[O])[O][Mo](=[O])(=[O])[O]1.[V].[V].[V]. The van der Waals surface area contributed by atoms with Gasteiger partial charge in [-0.05, 0) is 0 Å². The largest absolute Gasteiger partial charge is 0 e. The molecule has 12 N–H and O–H groups in total. The zero-order valence-corrected chi connectivity index (χ0v) is 45.5. The van der Waals surface area contributed by atoms with E-state index >= 15 is 0 Å². The van der Waals surface area contributed by atoms with E-state index in [-0.39, 0.29) is 88.5 Å². The molecule has 335 valence electrons. The van der Waals surface area contributed by atoms with E-state index in [2.05, 4.69) is 12.3 Å². The molecule has 0 atom stereocenters. The Balaban J connectivity index is -0.0000000335. The molecule has 1 aliphatic heterocycles. The van der Waals surface area contributed by atoms with Crippen LogP contribution in [0.15, 0.2) is 0 Å². The quantitative estimate of drug-likeness (QED) is 0.176. The first-order chi connectivity index (χ1) is 18.2. The Labute approximate surface area is 356 Å². The van der Waals surface area contributed by atoms with E-state index < -0.39 is 159 Å². The van der Waals surface area contributed by atoms with E-state index in [1.165, 1.54) is 0 Å². The van der Waals surface area contributed by atoms with Crippen LogP contribution < -0.4 is 37.2 Å². The van der Waals surface area contributed by atoms with Gasteiger partial charge in [0.15, 0.2) is 0 Å². The molecule has 0 bridgehead atoms. The molecule has 0 unspecified atom stereocenters. The van der Waals surface area contributed by atoms with Gasteiger partial charge < -0.3 is 52.1 Å². The van der Waals surface area contributed by atoms with Gasteiger partial charge >= 0.3 is 247 Å². The summed E-state index contributed by atoms with van der Waals surface area (Å²) in [5, 5.41) is 0. The minimum absolute atomic E-state index is 0. The average molecular weight is 1700 g/mol. The van der Waals surface area contributed by atoms with Crippen molar-refractivity contribution in [1.29, 1.82) is 0 Å². The Morgan fingerprint density at radius 1 is 0.358 bits per heavy atom. The molecule has 1 saturated heterocycles. The monoisotopic (exact) mass is 1720 g/mol. The zero-order chi connectivity index (χ0) is 37.2. The van der Waals surface area contributed by atoms with Crippen LogP contribution in [-0.2, 0) is 284 Å². The molecule has 3 radical (unpaired) electrons. The van der Waals surface area contributed by atoms with E-state index in [1.807, 2.05) is 0 Å². The maximum atomic E-state index is 10.4. The first kappa shape index (κ1) is 92.1. The first-order valence-electron chi connectivity index (χ1n) is 6.73. The molecule has 53 heavy (non-hydrogen) atoms. The molecule has 40 nitrogen and oxygen atoms in total. The van der Waals surface area contributed by atoms with Gasteiger partial charge in [-0.3, -0.25) is 0 Å². The molecule has 1 rings (SSSR count). The van der Waals surface area contributed by atoms with Crippen LogP contribution >= 0.6 is 7.82 Å². The van der Waals surface area contributed by atoms with E-state index in [0.29, 0.717) is 0 Å². The fraction of sp³-hybridized carbons (Fsp3) is 0. The maximum Gasteiger partial charge on any atom is 0 e. The number of rotatable bonds is 6. The van der Waals surface area contributed by atoms with Gasteiger partial charge in [-0.1, -0.05) is 0 Å². The summed E-state index contributed by atoms with van der Waals surface area (Å²) >= 11 is -56.5. The van der Waals surface area contributed by atoms with Crippen molar-refractivity contribution in [1.82, 2.24) is 0 Å². The van der Waals surface area contributed by atoms with Gasteiger partial charge in [0.05, 0.1) is 0 Å². The van der Waals surface area contributed by atoms with Gasteiger partial charge in [0, 0.05) is 55.7 Å². The molecule has 1 fully saturated rings. The van der Waals surface area contributed by atoms with Crippen LogP contribution in [0.2, 0.25) is 0 Å². The third-order valence-electron chi connectivity index (χ3n) is 1.00. The molecule has 1 heterocycles. The van der Waals surface area contributed by atoms with Gasteiger partial charge in [-0.25, -0.2) is 0 Å². The van der Waals surface area contributed by atoms with Crippen molar-refractivity contribution in [3.63, 3.8) is 0 Å². The van der Waals surface area contributed by atoms with Gasteiger partial charge in [0.1, 0.15) is 0 Å². The molecule has 0 aromatic heterocycles. The second-order valence-electron chi connectivity index (χ2n) is 4.53. The topological polar surface area (TPSA) is 776 Å². The standard InChI is InChI=1S/9Mo.H3O4P.6H2O.30O.3V/c;;;;;;;;;1-5(2,3)4;;;;;;;;;;;;;;;;;;;;;;;;;;;;;;;;;;;;;;;/h;;;;;;;;;(H3,1,2,3,4);6*1H2;;;;;;;;;;;;;;;;;;;;;;;;;;;;;;;;;/q;;;;;;;;;;;;;;;;;;;;;;;;;;;;;;;;;;;;;;;;6*-1;;;/p-3. The van der Waals surface area contributed by atoms with Gasteiger partial charge in [-0.15, -0.1) is 0 Å². The minimum atomic E-state index is -6.37. The Kier molecular flexibility index (Phi) is 59.7. The normalized spacial score (nSPS) is 15.0. The minimum Gasteiger partial charge on any atom is 0 e. The Morgan fingerprint density at radius 2 is 0.434 bits per heavy atom. The van der Waals surface area contributed by atoms with E-state index in [4.69, 9.17) is 19.2 Å². The van der Waals surface area contributed by atoms with Crippen LogP contribution in [0.3, 0.4) is 0 Å². The first-order valence-corrected chi connectivity index (χ1v) is 37.7. The average Bonchev–Trinajstić information content (AvgIpc) is 2.36. The summed E-state index contributed by atoms with van der Waals surface area (Å²) in [6.45, 7) is 0. The smallest absolute Gasteiger partial charge is 0 e. The number of hydrogen-bond donors (Lipinski definition) is 0. The molecule has 0 aromatic rings. The molecular weight excluding hydrogens is 1690 g/mol. The molecule has 0 spiro atoms. The van der Waals surface area contributed by atoms with Crippen LogP contribution in [0.1, 0.15) is 0 Å². The van der Waals surface area contributed by atoms with Crippen molar-refractivity contribution in [3.05, 3.63) is 0 Å². The summed E-state index contributed by atoms with van der Waals surface area (Å²) < 4.78 is 258. The van der Waals surface area contributed by atoms with Gasteiger partial charge in [-0.2, -0.15) is 7.82 Å². The third-order valence-corrected chi connectivity index (χ3v) is 35.0. The van der Waals surface area contributed by atoms with Crippen LogP contribution in [0, 0.1) is 0 Å². The van der Waals surface area contributed by atoms with Crippen LogP contribution in [0.25, 0.3) is 0 Å². The van der Waals surface area contributed by atoms with Crippen molar-refractivity contribution in [2.45, 2.75) is 0 Å². The fourth-order valence-corrected chi connectivity index (χ4v) is 28.5. The van der Waals surface area contributed by atoms with E-state index in [1.54, 1.807) is 0 Å². The van der Waals surface area contributed by atoms with Gasteiger partial charge in [0.25, 0.3) is 0 Å². The van der Waals surface area contributed by atoms with Crippen molar-refractivity contribution < 1.29 is 354 Å². The van der Waals surface area contributed by atoms with Crippen molar-refractivity contribution >= 4 is 7.82 Å². The summed E-state index contributed by atoms with van der Waals surface area (Å²) in [4.78, 5) is 25.6. The molecule has 0 saturated carbocycles. The number of phosphoric acid groups is 1. The molecule has 0 amide bonds. The predicted molar refractivity (Wildman–Crippen MR) is 48.2 cm³/mol. The van der Waals surface area contributed by atoms with Crippen LogP contribution in [-0.4, -0.2) is 32.9 Å². The Hall–Kier alpha value is 3.74. The summed E-state index contributed by atoms with van der Waals surface area (Å²) in [5.74, 6) is 0. The van der Waals surface area contributed by atoms with E-state index in [9.17, 15) is 83.7 Å². The Bertz CT molecular complexity index is 1650. The summed E-state index contributed by atoms with van der Waals surface area (Å²) in [7, 11) is -5.39. The molecule has 53 heteroatoms. The second kappa shape index (κ2) is 34.3. The Morgan fingerprint density at radius 3 is 0.472 bits per heavy atom. The van der Waals surface area contributed by atoms with Crippen LogP contribution in [0.5, 0.6) is 0 Å².